The van der Waals surface area contributed by atoms with Gasteiger partial charge >= 0.3 is 7.12 Å². The van der Waals surface area contributed by atoms with Crippen molar-refractivity contribution in [2.24, 2.45) is 0 Å². The van der Waals surface area contributed by atoms with Crippen LogP contribution in [0.1, 0.15) is 54.0 Å². The SMILES string of the molecule is CC(C)(C)c1ccc(-n2c3cc(B4OC(C)(C)C(C)(C)O4)ccc3c3c4ccccc4ccc32)cc1. The molecule has 36 heavy (non-hydrogen) atoms. The van der Waals surface area contributed by atoms with Gasteiger partial charge in [0.25, 0.3) is 0 Å². The predicted molar refractivity (Wildman–Crippen MR) is 153 cm³/mol. The summed E-state index contributed by atoms with van der Waals surface area (Å²) in [5.74, 6) is 0. The molecule has 3 nitrogen and oxygen atoms in total. The van der Waals surface area contributed by atoms with Crippen molar-refractivity contribution in [2.75, 3.05) is 0 Å². The maximum atomic E-state index is 6.41. The van der Waals surface area contributed by atoms with Gasteiger partial charge in [0.2, 0.25) is 0 Å². The molecule has 0 unspecified atom stereocenters. The van der Waals surface area contributed by atoms with Gasteiger partial charge in [0.15, 0.2) is 0 Å². The summed E-state index contributed by atoms with van der Waals surface area (Å²) in [5.41, 5.74) is 5.26. The Balaban J connectivity index is 1.62. The highest BCUT2D eigenvalue weighted by molar-refractivity contribution is 6.62. The Bertz CT molecular complexity index is 1600. The first kappa shape index (κ1) is 23.3. The number of fused-ring (bicyclic) bond motifs is 5. The van der Waals surface area contributed by atoms with Crippen molar-refractivity contribution in [3.63, 3.8) is 0 Å². The highest BCUT2D eigenvalue weighted by atomic mass is 16.7. The zero-order valence-corrected chi connectivity index (χ0v) is 22.3. The van der Waals surface area contributed by atoms with E-state index in [-0.39, 0.29) is 16.6 Å². The van der Waals surface area contributed by atoms with Crippen molar-refractivity contribution in [3.8, 4) is 5.69 Å². The summed E-state index contributed by atoms with van der Waals surface area (Å²) in [4.78, 5) is 0. The molecule has 1 aliphatic heterocycles. The number of aromatic nitrogens is 1. The van der Waals surface area contributed by atoms with E-state index in [1.54, 1.807) is 0 Å². The van der Waals surface area contributed by atoms with E-state index in [9.17, 15) is 0 Å². The molecule has 1 aromatic heterocycles. The van der Waals surface area contributed by atoms with Crippen molar-refractivity contribution < 1.29 is 9.31 Å². The van der Waals surface area contributed by atoms with E-state index in [0.29, 0.717) is 0 Å². The summed E-state index contributed by atoms with van der Waals surface area (Å²) in [6.07, 6.45) is 0. The molecule has 0 atom stereocenters. The Kier molecular flexibility index (Phi) is 5.00. The molecule has 0 bridgehead atoms. The second-order valence-electron chi connectivity index (χ2n) is 12.2. The van der Waals surface area contributed by atoms with Gasteiger partial charge in [-0.2, -0.15) is 0 Å². The Morgan fingerprint density at radius 3 is 2.03 bits per heavy atom. The van der Waals surface area contributed by atoms with Gasteiger partial charge in [-0.05, 0) is 79.2 Å². The molecule has 182 valence electrons. The van der Waals surface area contributed by atoms with Crippen LogP contribution in [0.4, 0.5) is 0 Å². The molecule has 4 aromatic carbocycles. The van der Waals surface area contributed by atoms with Crippen molar-refractivity contribution in [1.82, 2.24) is 4.57 Å². The number of hydrogen-bond donors (Lipinski definition) is 0. The second kappa shape index (κ2) is 7.71. The number of benzene rings is 4. The Morgan fingerprint density at radius 1 is 0.694 bits per heavy atom. The van der Waals surface area contributed by atoms with Gasteiger partial charge in [-0.25, -0.2) is 0 Å². The highest BCUT2D eigenvalue weighted by Crippen LogP contribution is 2.39. The van der Waals surface area contributed by atoms with Crippen LogP contribution in [0.3, 0.4) is 0 Å². The first-order chi connectivity index (χ1) is 17.0. The second-order valence-corrected chi connectivity index (χ2v) is 12.2. The molecule has 2 heterocycles. The first-order valence-corrected chi connectivity index (χ1v) is 12.9. The van der Waals surface area contributed by atoms with Crippen molar-refractivity contribution >= 4 is 45.2 Å². The number of nitrogens with zero attached hydrogens (tertiary/aromatic N) is 1. The predicted octanol–water partition coefficient (Wildman–Crippen LogP) is 7.53. The molecule has 1 aliphatic rings. The van der Waals surface area contributed by atoms with Gasteiger partial charge in [-0.1, -0.05) is 75.4 Å². The third kappa shape index (κ3) is 3.50. The van der Waals surface area contributed by atoms with Crippen LogP contribution in [0.2, 0.25) is 0 Å². The smallest absolute Gasteiger partial charge is 0.399 e. The van der Waals surface area contributed by atoms with Crippen molar-refractivity contribution in [3.05, 3.63) is 84.4 Å². The fourth-order valence-corrected chi connectivity index (χ4v) is 5.32. The zero-order chi connectivity index (χ0) is 25.5. The molecule has 5 aromatic rings. The zero-order valence-electron chi connectivity index (χ0n) is 22.3. The fraction of sp³-hybridized carbons (Fsp3) is 0.312. The third-order valence-corrected chi connectivity index (χ3v) is 8.20. The molecule has 0 N–H and O–H groups in total. The fourth-order valence-electron chi connectivity index (χ4n) is 5.32. The lowest BCUT2D eigenvalue weighted by atomic mass is 9.78. The van der Waals surface area contributed by atoms with Gasteiger partial charge in [0.05, 0.1) is 22.2 Å². The topological polar surface area (TPSA) is 23.4 Å². The Hall–Kier alpha value is -3.08. The molecule has 0 radical (unpaired) electrons. The lowest BCUT2D eigenvalue weighted by Crippen LogP contribution is -2.41. The van der Waals surface area contributed by atoms with Crippen LogP contribution in [0.5, 0.6) is 0 Å². The van der Waals surface area contributed by atoms with E-state index in [1.807, 2.05) is 0 Å². The van der Waals surface area contributed by atoms with Gasteiger partial charge in [-0.15, -0.1) is 0 Å². The number of rotatable bonds is 2. The highest BCUT2D eigenvalue weighted by Gasteiger charge is 2.51. The maximum Gasteiger partial charge on any atom is 0.494 e. The average molecular weight is 475 g/mol. The van der Waals surface area contributed by atoms with Crippen LogP contribution < -0.4 is 5.46 Å². The van der Waals surface area contributed by atoms with E-state index < -0.39 is 7.12 Å². The van der Waals surface area contributed by atoms with E-state index in [0.717, 1.165) is 16.7 Å². The van der Waals surface area contributed by atoms with Gasteiger partial charge in [-0.3, -0.25) is 0 Å². The minimum atomic E-state index is -0.397. The summed E-state index contributed by atoms with van der Waals surface area (Å²) >= 11 is 0. The molecule has 1 saturated heterocycles. The first-order valence-electron chi connectivity index (χ1n) is 12.9. The summed E-state index contributed by atoms with van der Waals surface area (Å²) in [6.45, 7) is 15.2. The normalized spacial score (nSPS) is 17.5. The van der Waals surface area contributed by atoms with Crippen LogP contribution in [0.15, 0.2) is 78.9 Å². The summed E-state index contributed by atoms with van der Waals surface area (Å²) in [7, 11) is -0.397. The van der Waals surface area contributed by atoms with Crippen LogP contribution in [0, 0.1) is 0 Å². The van der Waals surface area contributed by atoms with Crippen LogP contribution in [-0.4, -0.2) is 22.9 Å². The van der Waals surface area contributed by atoms with E-state index in [4.69, 9.17) is 9.31 Å². The lowest BCUT2D eigenvalue weighted by Gasteiger charge is -2.32. The Labute approximate surface area is 214 Å². The summed E-state index contributed by atoms with van der Waals surface area (Å²) < 4.78 is 15.2. The molecule has 0 aliphatic carbocycles. The molecule has 0 amide bonds. The van der Waals surface area contributed by atoms with Crippen LogP contribution >= 0.6 is 0 Å². The van der Waals surface area contributed by atoms with E-state index in [1.165, 1.54) is 32.6 Å². The molecule has 4 heteroatoms. The summed E-state index contributed by atoms with van der Waals surface area (Å²) in [6, 6.07) is 28.8. The number of hydrogen-bond acceptors (Lipinski definition) is 2. The van der Waals surface area contributed by atoms with E-state index in [2.05, 4.69) is 132 Å². The van der Waals surface area contributed by atoms with Gasteiger partial charge in [0.1, 0.15) is 0 Å². The molecule has 0 spiro atoms. The maximum absolute atomic E-state index is 6.41. The third-order valence-electron chi connectivity index (χ3n) is 8.20. The molecular formula is C32H34BNO2. The van der Waals surface area contributed by atoms with Gasteiger partial charge < -0.3 is 13.9 Å². The minimum absolute atomic E-state index is 0.111. The quantitative estimate of drug-likeness (QED) is 0.246. The van der Waals surface area contributed by atoms with Crippen molar-refractivity contribution in [1.29, 1.82) is 0 Å². The van der Waals surface area contributed by atoms with Gasteiger partial charge in [0, 0.05) is 16.5 Å². The Morgan fingerprint density at radius 2 is 1.36 bits per heavy atom. The largest absolute Gasteiger partial charge is 0.494 e. The summed E-state index contributed by atoms with van der Waals surface area (Å²) in [5, 5.41) is 5.04. The molecule has 1 fully saturated rings. The van der Waals surface area contributed by atoms with E-state index >= 15 is 0 Å². The average Bonchev–Trinajstić information content (AvgIpc) is 3.28. The lowest BCUT2D eigenvalue weighted by molar-refractivity contribution is 0.00578. The molecule has 6 rings (SSSR count). The van der Waals surface area contributed by atoms with Crippen LogP contribution in [0.25, 0.3) is 38.3 Å². The standard InChI is InChI=1S/C32H34BNO2/c1-30(2,3)22-13-16-24(17-14-22)34-27-19-12-21-10-8-9-11-25(21)29(27)26-18-15-23(20-28(26)34)33-35-31(4,5)32(6,7)36-33/h8-20H,1-7H3. The molecule has 0 saturated carbocycles. The van der Waals surface area contributed by atoms with Crippen LogP contribution in [-0.2, 0) is 14.7 Å². The minimum Gasteiger partial charge on any atom is -0.399 e. The monoisotopic (exact) mass is 475 g/mol. The van der Waals surface area contributed by atoms with Crippen molar-refractivity contribution in [2.45, 2.75) is 65.1 Å². The molecular weight excluding hydrogens is 441 g/mol.